The Bertz CT molecular complexity index is 570. The SMILES string of the molecule is CCCCS(=O)(=O)Nc1ccc(NC(=O)C(C)CNC)cc1. The molecule has 0 fully saturated rings. The Morgan fingerprint density at radius 1 is 1.18 bits per heavy atom. The van der Waals surface area contributed by atoms with Crippen molar-refractivity contribution in [2.24, 2.45) is 5.92 Å². The van der Waals surface area contributed by atoms with Crippen molar-refractivity contribution in [2.75, 3.05) is 29.4 Å². The molecule has 0 saturated heterocycles. The van der Waals surface area contributed by atoms with Crippen LogP contribution in [0, 0.1) is 5.92 Å². The Balaban J connectivity index is 2.61. The van der Waals surface area contributed by atoms with E-state index in [0.29, 0.717) is 24.3 Å². The fourth-order valence-electron chi connectivity index (χ4n) is 1.85. The molecule has 1 atom stereocenters. The van der Waals surface area contributed by atoms with Gasteiger partial charge in [-0.05, 0) is 37.7 Å². The van der Waals surface area contributed by atoms with E-state index in [2.05, 4.69) is 15.4 Å². The molecule has 1 unspecified atom stereocenters. The predicted octanol–water partition coefficient (Wildman–Crippen LogP) is 2.02. The maximum Gasteiger partial charge on any atom is 0.232 e. The summed E-state index contributed by atoms with van der Waals surface area (Å²) in [6, 6.07) is 6.65. The van der Waals surface area contributed by atoms with Crippen LogP contribution in [0.15, 0.2) is 24.3 Å². The van der Waals surface area contributed by atoms with Crippen molar-refractivity contribution in [3.05, 3.63) is 24.3 Å². The summed E-state index contributed by atoms with van der Waals surface area (Å²) in [5, 5.41) is 5.74. The number of carbonyl (C=O) groups is 1. The Hall–Kier alpha value is -1.60. The van der Waals surface area contributed by atoms with Gasteiger partial charge in [0.1, 0.15) is 0 Å². The number of amides is 1. The molecule has 0 aliphatic heterocycles. The normalized spacial score (nSPS) is 12.7. The first-order chi connectivity index (χ1) is 10.4. The number of rotatable bonds is 9. The molecular weight excluding hydrogens is 302 g/mol. The van der Waals surface area contributed by atoms with Gasteiger partial charge >= 0.3 is 0 Å². The van der Waals surface area contributed by atoms with E-state index >= 15 is 0 Å². The van der Waals surface area contributed by atoms with Crippen molar-refractivity contribution in [3.8, 4) is 0 Å². The quantitative estimate of drug-likeness (QED) is 0.647. The maximum absolute atomic E-state index is 11.9. The summed E-state index contributed by atoms with van der Waals surface area (Å²) in [6.45, 7) is 4.38. The molecule has 7 heteroatoms. The second-order valence-electron chi connectivity index (χ2n) is 5.30. The number of benzene rings is 1. The van der Waals surface area contributed by atoms with Crippen LogP contribution in [0.3, 0.4) is 0 Å². The highest BCUT2D eigenvalue weighted by Crippen LogP contribution is 2.16. The molecule has 6 nitrogen and oxygen atoms in total. The van der Waals surface area contributed by atoms with Crippen LogP contribution in [0.2, 0.25) is 0 Å². The zero-order chi connectivity index (χ0) is 16.6. The van der Waals surface area contributed by atoms with Gasteiger partial charge in [0.15, 0.2) is 0 Å². The Kier molecular flexibility index (Phi) is 7.34. The number of hydrogen-bond acceptors (Lipinski definition) is 4. The lowest BCUT2D eigenvalue weighted by molar-refractivity contribution is -0.119. The zero-order valence-corrected chi connectivity index (χ0v) is 14.2. The molecule has 3 N–H and O–H groups in total. The fourth-order valence-corrected chi connectivity index (χ4v) is 3.12. The Morgan fingerprint density at radius 2 is 1.77 bits per heavy atom. The third-order valence-electron chi connectivity index (χ3n) is 3.15. The van der Waals surface area contributed by atoms with Gasteiger partial charge in [0, 0.05) is 23.8 Å². The summed E-state index contributed by atoms with van der Waals surface area (Å²) in [5.74, 6) is -0.105. The second kappa shape index (κ2) is 8.75. The molecule has 22 heavy (non-hydrogen) atoms. The first kappa shape index (κ1) is 18.4. The Labute approximate surface area is 132 Å². The van der Waals surface area contributed by atoms with Crippen molar-refractivity contribution >= 4 is 27.3 Å². The van der Waals surface area contributed by atoms with E-state index in [1.165, 1.54) is 0 Å². The molecule has 1 amide bonds. The van der Waals surface area contributed by atoms with Gasteiger partial charge in [-0.1, -0.05) is 20.3 Å². The van der Waals surface area contributed by atoms with Gasteiger partial charge in [-0.3, -0.25) is 9.52 Å². The van der Waals surface area contributed by atoms with Crippen LogP contribution in [0.1, 0.15) is 26.7 Å². The minimum atomic E-state index is -3.30. The maximum atomic E-state index is 11.9. The minimum Gasteiger partial charge on any atom is -0.326 e. The van der Waals surface area contributed by atoms with Crippen LogP contribution in [-0.4, -0.2) is 33.7 Å². The molecule has 0 heterocycles. The summed E-state index contributed by atoms with van der Waals surface area (Å²) in [6.07, 6.45) is 1.46. The van der Waals surface area contributed by atoms with Gasteiger partial charge < -0.3 is 10.6 Å². The second-order valence-corrected chi connectivity index (χ2v) is 7.14. The van der Waals surface area contributed by atoms with Crippen LogP contribution >= 0.6 is 0 Å². The standard InChI is InChI=1S/C15H25N3O3S/c1-4-5-10-22(20,21)18-14-8-6-13(7-9-14)17-15(19)12(2)11-16-3/h6-9,12,16,18H,4-5,10-11H2,1-3H3,(H,17,19). The van der Waals surface area contributed by atoms with Crippen molar-refractivity contribution in [3.63, 3.8) is 0 Å². The van der Waals surface area contributed by atoms with Crippen LogP contribution in [-0.2, 0) is 14.8 Å². The monoisotopic (exact) mass is 327 g/mol. The van der Waals surface area contributed by atoms with Crippen molar-refractivity contribution < 1.29 is 13.2 Å². The summed E-state index contributed by atoms with van der Waals surface area (Å²) < 4.78 is 26.1. The first-order valence-corrected chi connectivity index (χ1v) is 9.09. The van der Waals surface area contributed by atoms with Gasteiger partial charge in [0.25, 0.3) is 0 Å². The predicted molar refractivity (Wildman–Crippen MR) is 90.5 cm³/mol. The van der Waals surface area contributed by atoms with Gasteiger partial charge in [-0.25, -0.2) is 8.42 Å². The lowest BCUT2D eigenvalue weighted by atomic mass is 10.1. The molecule has 0 aliphatic rings. The highest BCUT2D eigenvalue weighted by molar-refractivity contribution is 7.92. The highest BCUT2D eigenvalue weighted by Gasteiger charge is 2.12. The van der Waals surface area contributed by atoms with Crippen LogP contribution in [0.4, 0.5) is 11.4 Å². The molecule has 124 valence electrons. The molecule has 0 aromatic heterocycles. The molecule has 1 aromatic rings. The number of nitrogens with one attached hydrogen (secondary N) is 3. The molecular formula is C15H25N3O3S. The highest BCUT2D eigenvalue weighted by atomic mass is 32.2. The van der Waals surface area contributed by atoms with Gasteiger partial charge in [-0.15, -0.1) is 0 Å². The summed E-state index contributed by atoms with van der Waals surface area (Å²) in [5.41, 5.74) is 1.14. The van der Waals surface area contributed by atoms with Crippen LogP contribution < -0.4 is 15.4 Å². The third-order valence-corrected chi connectivity index (χ3v) is 4.52. The molecule has 1 aromatic carbocycles. The lowest BCUT2D eigenvalue weighted by Gasteiger charge is -2.12. The largest absolute Gasteiger partial charge is 0.326 e. The van der Waals surface area contributed by atoms with E-state index in [1.807, 2.05) is 13.8 Å². The number of anilines is 2. The van der Waals surface area contributed by atoms with E-state index in [0.717, 1.165) is 6.42 Å². The molecule has 0 saturated carbocycles. The fraction of sp³-hybridized carbons (Fsp3) is 0.533. The van der Waals surface area contributed by atoms with Gasteiger partial charge in [-0.2, -0.15) is 0 Å². The van der Waals surface area contributed by atoms with E-state index in [1.54, 1.807) is 31.3 Å². The van der Waals surface area contributed by atoms with E-state index < -0.39 is 10.0 Å². The first-order valence-electron chi connectivity index (χ1n) is 7.44. The molecule has 1 rings (SSSR count). The number of sulfonamides is 1. The average molecular weight is 327 g/mol. The molecule has 0 radical (unpaired) electrons. The van der Waals surface area contributed by atoms with Crippen LogP contribution in [0.25, 0.3) is 0 Å². The van der Waals surface area contributed by atoms with Crippen molar-refractivity contribution in [1.29, 1.82) is 0 Å². The lowest BCUT2D eigenvalue weighted by Crippen LogP contribution is -2.28. The topological polar surface area (TPSA) is 87.3 Å². The molecule has 0 spiro atoms. The van der Waals surface area contributed by atoms with E-state index in [9.17, 15) is 13.2 Å². The average Bonchev–Trinajstić information content (AvgIpc) is 2.47. The van der Waals surface area contributed by atoms with Gasteiger partial charge in [0.05, 0.1) is 5.75 Å². The number of unbranched alkanes of at least 4 members (excludes halogenated alkanes) is 1. The summed E-state index contributed by atoms with van der Waals surface area (Å²) in [7, 11) is -1.50. The molecule has 0 bridgehead atoms. The van der Waals surface area contributed by atoms with E-state index in [-0.39, 0.29) is 17.6 Å². The van der Waals surface area contributed by atoms with E-state index in [4.69, 9.17) is 0 Å². The summed E-state index contributed by atoms with van der Waals surface area (Å²) >= 11 is 0. The molecule has 0 aliphatic carbocycles. The van der Waals surface area contributed by atoms with Crippen molar-refractivity contribution in [1.82, 2.24) is 5.32 Å². The number of carbonyl (C=O) groups excluding carboxylic acids is 1. The van der Waals surface area contributed by atoms with Crippen LogP contribution in [0.5, 0.6) is 0 Å². The zero-order valence-electron chi connectivity index (χ0n) is 13.3. The summed E-state index contributed by atoms with van der Waals surface area (Å²) in [4.78, 5) is 11.9. The smallest absolute Gasteiger partial charge is 0.232 e. The van der Waals surface area contributed by atoms with Crippen molar-refractivity contribution in [2.45, 2.75) is 26.7 Å². The Morgan fingerprint density at radius 3 is 2.32 bits per heavy atom. The number of hydrogen-bond donors (Lipinski definition) is 3. The van der Waals surface area contributed by atoms with Gasteiger partial charge in [0.2, 0.25) is 15.9 Å². The third kappa shape index (κ3) is 6.44. The minimum absolute atomic E-state index is 0.0781.